The first-order valence-corrected chi connectivity index (χ1v) is 16.0. The number of hydrogen-bond acceptors (Lipinski definition) is 10. The maximum atomic E-state index is 14.8. The molecule has 2 aliphatic heterocycles. The SMILES string of the molecule is [B]C([B])([B])O[C@H]1CCN(c2nccc(Nc3cc4c(C(C)C)cnc(N5C[C@H](CS(C)(=O)=O)[C@H]5C)c4cn3)n2)C[C@H]1F. The van der Waals surface area contributed by atoms with E-state index in [-0.39, 0.29) is 30.2 Å². The average molecular weight is 587 g/mol. The number of pyridine rings is 2. The number of halogens is 1. The molecule has 0 spiro atoms. The van der Waals surface area contributed by atoms with Crippen molar-refractivity contribution in [3.63, 3.8) is 0 Å². The molecular weight excluding hydrogens is 554 g/mol. The molecule has 2 aliphatic rings. The molecule has 15 heteroatoms. The highest BCUT2D eigenvalue weighted by Crippen LogP contribution is 2.38. The van der Waals surface area contributed by atoms with E-state index in [9.17, 15) is 12.8 Å². The van der Waals surface area contributed by atoms with Gasteiger partial charge in [0.1, 0.15) is 33.5 Å². The van der Waals surface area contributed by atoms with Crippen LogP contribution in [0.15, 0.2) is 30.7 Å². The normalized spacial score (nSPS) is 23.3. The van der Waals surface area contributed by atoms with E-state index in [1.54, 1.807) is 23.4 Å². The predicted molar refractivity (Wildman–Crippen MR) is 166 cm³/mol. The molecule has 216 valence electrons. The molecule has 0 bridgehead atoms. The monoisotopic (exact) mass is 587 g/mol. The van der Waals surface area contributed by atoms with Crippen LogP contribution in [0.5, 0.6) is 0 Å². The Bertz CT molecular complexity index is 1560. The van der Waals surface area contributed by atoms with Crippen molar-refractivity contribution in [3.8, 4) is 0 Å². The maximum absolute atomic E-state index is 14.8. The lowest BCUT2D eigenvalue weighted by atomic mass is 9.52. The Balaban J connectivity index is 1.35. The molecule has 4 atom stereocenters. The van der Waals surface area contributed by atoms with Crippen LogP contribution in [0.3, 0.4) is 0 Å². The van der Waals surface area contributed by atoms with Crippen molar-refractivity contribution in [1.82, 2.24) is 19.9 Å². The number of aromatic nitrogens is 4. The van der Waals surface area contributed by atoms with Gasteiger partial charge in [0, 0.05) is 55.3 Å². The summed E-state index contributed by atoms with van der Waals surface area (Å²) in [6.07, 6.45) is 4.68. The maximum Gasteiger partial charge on any atom is 0.227 e. The Morgan fingerprint density at radius 1 is 1.14 bits per heavy atom. The van der Waals surface area contributed by atoms with Gasteiger partial charge in [-0.05, 0) is 47.6 Å². The third-order valence-electron chi connectivity index (χ3n) is 7.82. The van der Waals surface area contributed by atoms with Crippen LogP contribution < -0.4 is 15.1 Å². The largest absolute Gasteiger partial charge is 0.396 e. The van der Waals surface area contributed by atoms with Crippen LogP contribution in [0, 0.1) is 5.92 Å². The molecule has 5 heterocycles. The summed E-state index contributed by atoms with van der Waals surface area (Å²) < 4.78 is 43.7. The fraction of sp³-hybridized carbons (Fsp3) is 0.556. The number of piperidine rings is 1. The summed E-state index contributed by atoms with van der Waals surface area (Å²) in [7, 11) is 13.4. The summed E-state index contributed by atoms with van der Waals surface area (Å²) in [5, 5.41) is 3.25. The second-order valence-corrected chi connectivity index (χ2v) is 13.9. The second kappa shape index (κ2) is 11.6. The minimum absolute atomic E-state index is 0.00587. The first-order valence-electron chi connectivity index (χ1n) is 13.9. The van der Waals surface area contributed by atoms with Gasteiger partial charge in [-0.3, -0.25) is 0 Å². The zero-order valence-corrected chi connectivity index (χ0v) is 25.1. The summed E-state index contributed by atoms with van der Waals surface area (Å²) >= 11 is 0. The molecule has 3 aromatic heterocycles. The predicted octanol–water partition coefficient (Wildman–Crippen LogP) is 2.21. The number of hydrogen-bond donors (Lipinski definition) is 1. The molecule has 6 radical (unpaired) electrons. The third kappa shape index (κ3) is 6.83. The van der Waals surface area contributed by atoms with Gasteiger partial charge in [-0.25, -0.2) is 27.8 Å². The van der Waals surface area contributed by atoms with Crippen LogP contribution in [-0.4, -0.2) is 107 Å². The number of fused-ring (bicyclic) bond motifs is 1. The molecule has 42 heavy (non-hydrogen) atoms. The number of rotatable bonds is 9. The molecule has 2 saturated heterocycles. The van der Waals surface area contributed by atoms with E-state index >= 15 is 0 Å². The van der Waals surface area contributed by atoms with Gasteiger partial charge < -0.3 is 19.9 Å². The number of alkyl halides is 1. The Morgan fingerprint density at radius 3 is 2.55 bits per heavy atom. The van der Waals surface area contributed by atoms with Gasteiger partial charge >= 0.3 is 0 Å². The fourth-order valence-corrected chi connectivity index (χ4v) is 6.77. The summed E-state index contributed by atoms with van der Waals surface area (Å²) in [4.78, 5) is 22.2. The van der Waals surface area contributed by atoms with Crippen molar-refractivity contribution in [2.75, 3.05) is 46.8 Å². The molecule has 0 aromatic carbocycles. The Morgan fingerprint density at radius 2 is 1.90 bits per heavy atom. The highest BCUT2D eigenvalue weighted by atomic mass is 32.2. The van der Waals surface area contributed by atoms with E-state index in [1.165, 1.54) is 6.26 Å². The number of anilines is 4. The molecular formula is C27H33B3FN7O3S. The second-order valence-electron chi connectivity index (χ2n) is 11.7. The molecule has 0 saturated carbocycles. The highest BCUT2D eigenvalue weighted by molar-refractivity contribution is 7.90. The van der Waals surface area contributed by atoms with E-state index in [2.05, 4.69) is 39.0 Å². The van der Waals surface area contributed by atoms with Crippen molar-refractivity contribution in [2.24, 2.45) is 5.92 Å². The van der Waals surface area contributed by atoms with Crippen molar-refractivity contribution in [1.29, 1.82) is 0 Å². The van der Waals surface area contributed by atoms with Gasteiger partial charge in [-0.1, -0.05) is 13.8 Å². The lowest BCUT2D eigenvalue weighted by Crippen LogP contribution is -2.57. The van der Waals surface area contributed by atoms with Crippen LogP contribution in [0.25, 0.3) is 10.8 Å². The van der Waals surface area contributed by atoms with E-state index in [4.69, 9.17) is 33.3 Å². The van der Waals surface area contributed by atoms with Gasteiger partial charge in [-0.2, -0.15) is 4.98 Å². The topological polar surface area (TPSA) is 113 Å². The van der Waals surface area contributed by atoms with Crippen LogP contribution in [0.2, 0.25) is 0 Å². The van der Waals surface area contributed by atoms with E-state index in [1.807, 2.05) is 19.2 Å². The number of ether oxygens (including phenoxy) is 1. The summed E-state index contributed by atoms with van der Waals surface area (Å²) in [5.41, 5.74) is 1.07. The summed E-state index contributed by atoms with van der Waals surface area (Å²) in [5.74, 6) is 2.68. The summed E-state index contributed by atoms with van der Waals surface area (Å²) in [6, 6.07) is 3.73. The van der Waals surface area contributed by atoms with E-state index < -0.39 is 27.4 Å². The minimum Gasteiger partial charge on any atom is -0.396 e. The van der Waals surface area contributed by atoms with Crippen LogP contribution >= 0.6 is 0 Å². The van der Waals surface area contributed by atoms with E-state index in [0.29, 0.717) is 37.1 Å². The Labute approximate surface area is 250 Å². The quantitative estimate of drug-likeness (QED) is 0.374. The zero-order valence-electron chi connectivity index (χ0n) is 24.2. The Hall–Kier alpha value is -2.93. The minimum atomic E-state index is -3.06. The van der Waals surface area contributed by atoms with Gasteiger partial charge in [0.05, 0.1) is 41.9 Å². The van der Waals surface area contributed by atoms with Crippen molar-refractivity contribution in [3.05, 3.63) is 36.3 Å². The van der Waals surface area contributed by atoms with Gasteiger partial charge in [0.15, 0.2) is 0 Å². The molecule has 0 aliphatic carbocycles. The van der Waals surface area contributed by atoms with Crippen LogP contribution in [0.4, 0.5) is 27.8 Å². The number of nitrogens with one attached hydrogen (secondary N) is 1. The molecule has 3 aromatic rings. The molecule has 5 rings (SSSR count). The highest BCUT2D eigenvalue weighted by Gasteiger charge is 2.39. The lowest BCUT2D eigenvalue weighted by molar-refractivity contribution is -0.0185. The molecule has 0 amide bonds. The smallest absolute Gasteiger partial charge is 0.227 e. The molecule has 10 nitrogen and oxygen atoms in total. The van der Waals surface area contributed by atoms with E-state index in [0.717, 1.165) is 22.2 Å². The van der Waals surface area contributed by atoms with Gasteiger partial charge in [0.2, 0.25) is 5.95 Å². The van der Waals surface area contributed by atoms with Crippen LogP contribution in [-0.2, 0) is 14.6 Å². The lowest BCUT2D eigenvalue weighted by Gasteiger charge is -2.47. The fourth-order valence-electron chi connectivity index (χ4n) is 5.61. The third-order valence-corrected chi connectivity index (χ3v) is 8.85. The van der Waals surface area contributed by atoms with Crippen molar-refractivity contribution < 1.29 is 17.5 Å². The Kier molecular flexibility index (Phi) is 8.46. The molecule has 1 N–H and O–H groups in total. The summed E-state index contributed by atoms with van der Waals surface area (Å²) in [6.45, 7) is 7.31. The first-order chi connectivity index (χ1) is 19.7. The number of sulfone groups is 1. The van der Waals surface area contributed by atoms with Crippen LogP contribution in [0.1, 0.15) is 38.7 Å². The standard InChI is InChI=1S/C27H33B3FN7O3S/c1-15(2)19-10-34-25(38-12-17(16(38)3)14-42(4,39)40)20-11-33-24(9-18(19)20)35-23-5-7-32-26(36-23)37-8-6-22(21(31)13-37)41-27(28,29)30/h5,7,9-11,15-17,21-22H,6,8,12-14H2,1-4H3,(H,32,33,35,36)/t16-,17-,21-,22+/m1/s1. The first kappa shape index (κ1) is 30.5. The number of nitrogens with zero attached hydrogens (tertiary/aromatic N) is 6. The van der Waals surface area contributed by atoms with Gasteiger partial charge in [-0.15, -0.1) is 0 Å². The van der Waals surface area contributed by atoms with Crippen molar-refractivity contribution >= 4 is 67.6 Å². The molecule has 2 fully saturated rings. The molecule has 0 unspecified atom stereocenters. The van der Waals surface area contributed by atoms with Gasteiger partial charge in [0.25, 0.3) is 0 Å². The average Bonchev–Trinajstić information content (AvgIpc) is 2.90. The zero-order chi connectivity index (χ0) is 30.4. The van der Waals surface area contributed by atoms with Crippen molar-refractivity contribution in [2.45, 2.75) is 56.7 Å².